The van der Waals surface area contributed by atoms with E-state index in [1.165, 1.54) is 11.3 Å². The summed E-state index contributed by atoms with van der Waals surface area (Å²) in [5.74, 6) is -0.732. The SMILES string of the molecule is CC(OC(C)(C)C)[C@H](NCc1ccc(CNCc2ccc3cc(C(=O)NO)sc3c2)cc1)C(=O)OC1CCCC1. The number of benzene rings is 2. The van der Waals surface area contributed by atoms with E-state index in [4.69, 9.17) is 14.7 Å². The first-order chi connectivity index (χ1) is 19.1. The lowest BCUT2D eigenvalue weighted by Crippen LogP contribution is -2.49. The molecule has 4 N–H and O–H groups in total. The molecule has 4 rings (SSSR count). The summed E-state index contributed by atoms with van der Waals surface area (Å²) in [7, 11) is 0. The number of carbonyl (C=O) groups is 2. The number of rotatable bonds is 12. The molecule has 1 fully saturated rings. The molecular weight excluding hydrogens is 526 g/mol. The molecular formula is C31H41N3O5S. The Bertz CT molecular complexity index is 1280. The Balaban J connectivity index is 1.29. The van der Waals surface area contributed by atoms with Crippen LogP contribution < -0.4 is 16.1 Å². The number of nitrogens with one attached hydrogen (secondary N) is 3. The Morgan fingerprint density at radius 3 is 2.25 bits per heavy atom. The van der Waals surface area contributed by atoms with Crippen LogP contribution in [0.5, 0.6) is 0 Å². The smallest absolute Gasteiger partial charge is 0.326 e. The van der Waals surface area contributed by atoms with Crippen molar-refractivity contribution in [1.82, 2.24) is 16.1 Å². The van der Waals surface area contributed by atoms with Crippen molar-refractivity contribution in [2.45, 2.75) is 96.9 Å². The maximum Gasteiger partial charge on any atom is 0.326 e. The molecule has 0 aliphatic heterocycles. The monoisotopic (exact) mass is 567 g/mol. The summed E-state index contributed by atoms with van der Waals surface area (Å²) in [6, 6.07) is 15.6. The van der Waals surface area contributed by atoms with E-state index < -0.39 is 11.9 Å². The largest absolute Gasteiger partial charge is 0.461 e. The van der Waals surface area contributed by atoms with Crippen LogP contribution in [-0.2, 0) is 33.9 Å². The van der Waals surface area contributed by atoms with Crippen LogP contribution in [0.15, 0.2) is 48.5 Å². The lowest BCUT2D eigenvalue weighted by Gasteiger charge is -2.31. The number of hydrogen-bond acceptors (Lipinski definition) is 8. The van der Waals surface area contributed by atoms with E-state index >= 15 is 0 Å². The predicted molar refractivity (Wildman–Crippen MR) is 157 cm³/mol. The van der Waals surface area contributed by atoms with Gasteiger partial charge in [0.15, 0.2) is 0 Å². The molecule has 1 heterocycles. The first kappa shape index (κ1) is 30.1. The van der Waals surface area contributed by atoms with Gasteiger partial charge in [0.25, 0.3) is 5.91 Å². The van der Waals surface area contributed by atoms with Crippen LogP contribution in [-0.4, -0.2) is 40.9 Å². The van der Waals surface area contributed by atoms with Crippen LogP contribution in [0.4, 0.5) is 0 Å². The molecule has 0 saturated heterocycles. The fourth-order valence-corrected chi connectivity index (χ4v) is 6.03. The normalized spacial score (nSPS) is 15.7. The minimum absolute atomic E-state index is 0.0166. The number of fused-ring (bicyclic) bond motifs is 1. The van der Waals surface area contributed by atoms with E-state index in [1.54, 1.807) is 11.5 Å². The number of esters is 1. The lowest BCUT2D eigenvalue weighted by molar-refractivity contribution is -0.159. The minimum Gasteiger partial charge on any atom is -0.461 e. The Morgan fingerprint density at radius 2 is 1.60 bits per heavy atom. The third-order valence-electron chi connectivity index (χ3n) is 6.96. The van der Waals surface area contributed by atoms with Gasteiger partial charge in [-0.05, 0) is 87.6 Å². The zero-order valence-corrected chi connectivity index (χ0v) is 24.6. The Morgan fingerprint density at radius 1 is 0.975 bits per heavy atom. The molecule has 1 aromatic heterocycles. The number of thiophene rings is 1. The number of carbonyl (C=O) groups excluding carboxylic acids is 2. The van der Waals surface area contributed by atoms with E-state index in [0.29, 0.717) is 24.5 Å². The molecule has 1 amide bonds. The average molecular weight is 568 g/mol. The van der Waals surface area contributed by atoms with Gasteiger partial charge in [-0.25, -0.2) is 5.48 Å². The fraction of sp³-hybridized carbons (Fsp3) is 0.484. The molecule has 0 spiro atoms. The van der Waals surface area contributed by atoms with Gasteiger partial charge in [-0.15, -0.1) is 11.3 Å². The van der Waals surface area contributed by atoms with Gasteiger partial charge in [-0.2, -0.15) is 0 Å². The summed E-state index contributed by atoms with van der Waals surface area (Å²) in [6.45, 7) is 9.83. The highest BCUT2D eigenvalue weighted by Gasteiger charge is 2.32. The van der Waals surface area contributed by atoms with Crippen LogP contribution in [0.2, 0.25) is 0 Å². The summed E-state index contributed by atoms with van der Waals surface area (Å²) < 4.78 is 12.9. The van der Waals surface area contributed by atoms with Crippen molar-refractivity contribution >= 4 is 33.3 Å². The molecule has 8 nitrogen and oxygen atoms in total. The number of hydrogen-bond donors (Lipinski definition) is 4. The zero-order chi connectivity index (χ0) is 28.7. The molecule has 40 heavy (non-hydrogen) atoms. The summed E-state index contributed by atoms with van der Waals surface area (Å²) in [5, 5.41) is 16.7. The highest BCUT2D eigenvalue weighted by molar-refractivity contribution is 7.20. The molecule has 216 valence electrons. The average Bonchev–Trinajstić information content (AvgIpc) is 3.58. The van der Waals surface area contributed by atoms with Crippen LogP contribution >= 0.6 is 11.3 Å². The maximum atomic E-state index is 13.1. The molecule has 3 aromatic rings. The molecule has 2 aromatic carbocycles. The van der Waals surface area contributed by atoms with E-state index in [-0.39, 0.29) is 23.8 Å². The zero-order valence-electron chi connectivity index (χ0n) is 23.8. The fourth-order valence-electron chi connectivity index (χ4n) is 5.02. The minimum atomic E-state index is -0.545. The Hall–Kier alpha value is -2.82. The Labute approximate surface area is 240 Å². The van der Waals surface area contributed by atoms with Gasteiger partial charge in [0.1, 0.15) is 12.1 Å². The van der Waals surface area contributed by atoms with Crippen molar-refractivity contribution in [3.63, 3.8) is 0 Å². The molecule has 1 unspecified atom stereocenters. The van der Waals surface area contributed by atoms with Gasteiger partial charge in [0.05, 0.1) is 16.6 Å². The van der Waals surface area contributed by atoms with Crippen LogP contribution in [0.1, 0.15) is 79.7 Å². The molecule has 1 aliphatic carbocycles. The van der Waals surface area contributed by atoms with E-state index in [9.17, 15) is 9.59 Å². The van der Waals surface area contributed by atoms with E-state index in [2.05, 4.69) is 41.0 Å². The van der Waals surface area contributed by atoms with Crippen molar-refractivity contribution in [3.05, 3.63) is 70.1 Å². The van der Waals surface area contributed by atoms with Gasteiger partial charge in [0.2, 0.25) is 0 Å². The van der Waals surface area contributed by atoms with Crippen molar-refractivity contribution in [1.29, 1.82) is 0 Å². The van der Waals surface area contributed by atoms with Crippen LogP contribution in [0.3, 0.4) is 0 Å². The summed E-state index contributed by atoms with van der Waals surface area (Å²) in [6.07, 6.45) is 3.79. The number of amides is 1. The highest BCUT2D eigenvalue weighted by atomic mass is 32.1. The van der Waals surface area contributed by atoms with Gasteiger partial charge in [-0.1, -0.05) is 36.4 Å². The second kappa shape index (κ2) is 13.7. The van der Waals surface area contributed by atoms with Gasteiger partial charge in [-0.3, -0.25) is 20.1 Å². The Kier molecular flexibility index (Phi) is 10.3. The van der Waals surface area contributed by atoms with Gasteiger partial charge in [0, 0.05) is 24.3 Å². The number of hydroxylamine groups is 1. The maximum absolute atomic E-state index is 13.1. The van der Waals surface area contributed by atoms with Crippen LogP contribution in [0.25, 0.3) is 10.1 Å². The topological polar surface area (TPSA) is 109 Å². The summed E-state index contributed by atoms with van der Waals surface area (Å²) in [5.41, 5.74) is 4.68. The highest BCUT2D eigenvalue weighted by Crippen LogP contribution is 2.27. The second-order valence-corrected chi connectivity index (χ2v) is 12.6. The molecule has 1 aliphatic rings. The molecule has 0 bridgehead atoms. The standard InChI is InChI=1S/C31H41N3O5S/c1-20(39-31(2,3)4)28(30(36)38-25-7-5-6-8-25)33-19-22-11-9-21(10-12-22)17-32-18-23-13-14-24-16-27(29(35)34-37)40-26(24)15-23/h9-16,20,25,28,32-33,37H,5-8,17-19H2,1-4H3,(H,34,35)/t20?,28-/m0/s1. The first-order valence-corrected chi connectivity index (χ1v) is 14.8. The van der Waals surface area contributed by atoms with Gasteiger partial charge >= 0.3 is 5.97 Å². The predicted octanol–water partition coefficient (Wildman–Crippen LogP) is 5.46. The molecule has 9 heteroatoms. The summed E-state index contributed by atoms with van der Waals surface area (Å²) >= 11 is 1.35. The first-order valence-electron chi connectivity index (χ1n) is 14.0. The van der Waals surface area contributed by atoms with E-state index in [1.807, 2.05) is 39.8 Å². The second-order valence-electron chi connectivity index (χ2n) is 11.5. The van der Waals surface area contributed by atoms with Crippen molar-refractivity contribution < 1.29 is 24.3 Å². The third-order valence-corrected chi connectivity index (χ3v) is 8.06. The lowest BCUT2D eigenvalue weighted by atomic mass is 10.1. The quantitative estimate of drug-likeness (QED) is 0.131. The number of ether oxygens (including phenoxy) is 2. The molecule has 2 atom stereocenters. The van der Waals surface area contributed by atoms with Crippen molar-refractivity contribution in [2.24, 2.45) is 0 Å². The van der Waals surface area contributed by atoms with E-state index in [0.717, 1.165) is 52.5 Å². The molecule has 1 saturated carbocycles. The third kappa shape index (κ3) is 8.59. The van der Waals surface area contributed by atoms with Crippen molar-refractivity contribution in [2.75, 3.05) is 0 Å². The van der Waals surface area contributed by atoms with Gasteiger partial charge < -0.3 is 14.8 Å². The molecule has 0 radical (unpaired) electrons. The summed E-state index contributed by atoms with van der Waals surface area (Å²) in [4.78, 5) is 25.2. The van der Waals surface area contributed by atoms with Crippen molar-refractivity contribution in [3.8, 4) is 0 Å². The van der Waals surface area contributed by atoms with Crippen LogP contribution in [0, 0.1) is 0 Å².